The summed E-state index contributed by atoms with van der Waals surface area (Å²) in [5, 5.41) is 32.4. The van der Waals surface area contributed by atoms with Gasteiger partial charge in [-0.3, -0.25) is 9.59 Å². The van der Waals surface area contributed by atoms with Gasteiger partial charge in [-0.2, -0.15) is 0 Å². The summed E-state index contributed by atoms with van der Waals surface area (Å²) in [6.45, 7) is 2.84. The van der Waals surface area contributed by atoms with E-state index < -0.39 is 47.4 Å². The molecule has 53 heavy (non-hydrogen) atoms. The van der Waals surface area contributed by atoms with Crippen molar-refractivity contribution in [1.82, 2.24) is 0 Å². The van der Waals surface area contributed by atoms with E-state index in [2.05, 4.69) is 20.8 Å². The number of fused-ring (bicyclic) bond motifs is 2. The van der Waals surface area contributed by atoms with E-state index in [1.54, 1.807) is 62.4 Å². The van der Waals surface area contributed by atoms with Gasteiger partial charge in [0.05, 0.1) is 31.7 Å². The second kappa shape index (κ2) is 21.8. The lowest BCUT2D eigenvalue weighted by molar-refractivity contribution is -0.757. The Morgan fingerprint density at radius 1 is 0.623 bits per heavy atom. The van der Waals surface area contributed by atoms with Crippen LogP contribution in [0, 0.1) is 10.1 Å². The first-order valence-corrected chi connectivity index (χ1v) is 17.9. The van der Waals surface area contributed by atoms with Crippen LogP contribution in [-0.4, -0.2) is 77.5 Å². The van der Waals surface area contributed by atoms with Crippen molar-refractivity contribution in [3.8, 4) is 11.5 Å². The zero-order chi connectivity index (χ0) is 38.8. The molecule has 0 heterocycles. The monoisotopic (exact) mass is 799 g/mol. The quantitative estimate of drug-likeness (QED) is 0.0272. The number of rotatable bonds is 18. The van der Waals surface area contributed by atoms with Crippen molar-refractivity contribution in [3.63, 3.8) is 0 Å². The van der Waals surface area contributed by atoms with Gasteiger partial charge < -0.3 is 34.0 Å². The van der Waals surface area contributed by atoms with Gasteiger partial charge in [-0.1, -0.05) is 64.5 Å². The summed E-state index contributed by atoms with van der Waals surface area (Å²) in [5.74, 6) is -2.98. The zero-order valence-electron chi connectivity index (χ0n) is 29.4. The van der Waals surface area contributed by atoms with E-state index in [9.17, 15) is 39.5 Å². The van der Waals surface area contributed by atoms with Crippen molar-refractivity contribution in [1.29, 1.82) is 0 Å². The van der Waals surface area contributed by atoms with Gasteiger partial charge in [-0.15, -0.1) is 10.1 Å². The summed E-state index contributed by atoms with van der Waals surface area (Å²) in [6, 6.07) is 20.9. The van der Waals surface area contributed by atoms with Crippen LogP contribution in [0.1, 0.15) is 62.5 Å². The number of nitrogens with zero attached hydrogens (tertiary/aromatic N) is 1. The van der Waals surface area contributed by atoms with E-state index in [1.165, 1.54) is 0 Å². The first kappa shape index (κ1) is 42.0. The highest BCUT2D eigenvalue weighted by Gasteiger charge is 2.20. The SMILES string of the molecule is CC(C(=O)OCC(=O)OCCCCBr)c1ccc2cc(O)ccc2c1.CC(C(=O)OCC(=O)OCCCCO[N+](=O)[O-])c1ccc2cc(O)ccc2c1. The molecule has 4 aromatic rings. The van der Waals surface area contributed by atoms with Gasteiger partial charge in [0, 0.05) is 5.33 Å². The van der Waals surface area contributed by atoms with Crippen LogP contribution in [0.2, 0.25) is 0 Å². The Bertz CT molecular complexity index is 1860. The Labute approximate surface area is 314 Å². The fraction of sp³-hybridized carbons (Fsp3) is 0.368. The maximum atomic E-state index is 12.2. The van der Waals surface area contributed by atoms with E-state index in [0.29, 0.717) is 19.4 Å². The van der Waals surface area contributed by atoms with Crippen molar-refractivity contribution < 1.29 is 58.3 Å². The number of unbranched alkanes of at least 4 members (excludes halogenated alkanes) is 2. The highest BCUT2D eigenvalue weighted by atomic mass is 79.9. The first-order valence-electron chi connectivity index (χ1n) is 16.8. The molecule has 4 rings (SSSR count). The van der Waals surface area contributed by atoms with E-state index in [-0.39, 0.29) is 31.3 Å². The lowest BCUT2D eigenvalue weighted by Crippen LogP contribution is -2.20. The Morgan fingerprint density at radius 3 is 1.45 bits per heavy atom. The van der Waals surface area contributed by atoms with Crippen molar-refractivity contribution in [2.24, 2.45) is 0 Å². The predicted octanol–water partition coefficient (Wildman–Crippen LogP) is 6.63. The predicted molar refractivity (Wildman–Crippen MR) is 197 cm³/mol. The molecule has 0 aliphatic heterocycles. The molecule has 0 aliphatic rings. The molecule has 0 bridgehead atoms. The van der Waals surface area contributed by atoms with Gasteiger partial charge in [-0.05, 0) is 96.5 Å². The van der Waals surface area contributed by atoms with Crippen molar-refractivity contribution in [2.75, 3.05) is 38.4 Å². The van der Waals surface area contributed by atoms with Gasteiger partial charge in [0.2, 0.25) is 0 Å². The van der Waals surface area contributed by atoms with Crippen LogP contribution in [0.4, 0.5) is 0 Å². The largest absolute Gasteiger partial charge is 0.508 e. The molecule has 0 spiro atoms. The van der Waals surface area contributed by atoms with Crippen LogP contribution in [0.15, 0.2) is 72.8 Å². The minimum atomic E-state index is -0.883. The number of carbonyl (C=O) groups is 4. The van der Waals surface area contributed by atoms with Crippen LogP contribution >= 0.6 is 15.9 Å². The highest BCUT2D eigenvalue weighted by Crippen LogP contribution is 2.26. The molecule has 15 heteroatoms. The molecule has 2 atom stereocenters. The van der Waals surface area contributed by atoms with Gasteiger partial charge >= 0.3 is 23.9 Å². The standard InChI is InChI=1S/C19H21BrO5.C19H21NO8/c1-13(19(23)25-12-18(22)24-9-3-2-8-20)14-4-5-16-11-17(21)7-6-15(16)10-14;1-13(14-4-5-16-11-17(21)7-6-15(16)10-14)19(23)27-12-18(22)26-8-2-3-9-28-20(24)25/h4-7,10-11,13,21H,2-3,8-9,12H2,1H3;4-7,10-11,13,21H,2-3,8-9,12H2,1H3. The molecule has 14 nitrogen and oxygen atoms in total. The van der Waals surface area contributed by atoms with E-state index in [4.69, 9.17) is 18.9 Å². The van der Waals surface area contributed by atoms with E-state index >= 15 is 0 Å². The second-order valence-corrected chi connectivity index (χ2v) is 12.6. The first-order chi connectivity index (χ1) is 25.4. The molecular weight excluding hydrogens is 758 g/mol. The average Bonchev–Trinajstić information content (AvgIpc) is 3.15. The number of hydrogen-bond donors (Lipinski definition) is 2. The van der Waals surface area contributed by atoms with Crippen molar-refractivity contribution >= 4 is 61.4 Å². The molecule has 284 valence electrons. The number of carbonyl (C=O) groups excluding carboxylic acids is 4. The number of alkyl halides is 1. The summed E-state index contributed by atoms with van der Waals surface area (Å²) in [5.41, 5.74) is 1.51. The molecule has 0 radical (unpaired) electrons. The van der Waals surface area contributed by atoms with Crippen LogP contribution in [0.5, 0.6) is 11.5 Å². The second-order valence-electron chi connectivity index (χ2n) is 11.8. The number of ether oxygens (including phenoxy) is 4. The molecular formula is C38H42BrNO13. The normalized spacial score (nSPS) is 11.8. The fourth-order valence-electron chi connectivity index (χ4n) is 4.82. The lowest BCUT2D eigenvalue weighted by atomic mass is 9.98. The van der Waals surface area contributed by atoms with E-state index in [0.717, 1.165) is 50.8 Å². The number of hydrogen-bond acceptors (Lipinski definition) is 13. The highest BCUT2D eigenvalue weighted by molar-refractivity contribution is 9.09. The topological polar surface area (TPSA) is 198 Å². The van der Waals surface area contributed by atoms with Crippen LogP contribution < -0.4 is 0 Å². The van der Waals surface area contributed by atoms with Crippen molar-refractivity contribution in [3.05, 3.63) is 94.0 Å². The Morgan fingerprint density at radius 2 is 1.02 bits per heavy atom. The maximum absolute atomic E-state index is 12.2. The number of benzene rings is 4. The molecule has 0 amide bonds. The van der Waals surface area contributed by atoms with Gasteiger partial charge in [-0.25, -0.2) is 9.59 Å². The fourth-order valence-corrected chi connectivity index (χ4v) is 5.22. The molecule has 2 unspecified atom stereocenters. The van der Waals surface area contributed by atoms with E-state index in [1.807, 2.05) is 24.3 Å². The zero-order valence-corrected chi connectivity index (χ0v) is 31.0. The van der Waals surface area contributed by atoms with Gasteiger partial charge in [0.1, 0.15) is 11.5 Å². The summed E-state index contributed by atoms with van der Waals surface area (Å²) < 4.78 is 19.9. The molecule has 0 saturated carbocycles. The third-order valence-electron chi connectivity index (χ3n) is 7.86. The molecule has 0 aliphatic carbocycles. The molecule has 4 aromatic carbocycles. The van der Waals surface area contributed by atoms with Crippen LogP contribution in [0.3, 0.4) is 0 Å². The summed E-state index contributed by atoms with van der Waals surface area (Å²) >= 11 is 3.30. The summed E-state index contributed by atoms with van der Waals surface area (Å²) in [4.78, 5) is 61.5. The minimum absolute atomic E-state index is 0.0601. The Hall–Kier alpha value is -5.44. The van der Waals surface area contributed by atoms with Crippen molar-refractivity contribution in [2.45, 2.75) is 51.4 Å². The molecule has 2 N–H and O–H groups in total. The molecule has 0 aromatic heterocycles. The maximum Gasteiger partial charge on any atom is 0.344 e. The number of halogens is 1. The lowest BCUT2D eigenvalue weighted by Gasteiger charge is -2.12. The average molecular weight is 801 g/mol. The number of phenolic OH excluding ortho intramolecular Hbond substituents is 2. The summed E-state index contributed by atoms with van der Waals surface area (Å²) in [6.07, 6.45) is 2.46. The third-order valence-corrected chi connectivity index (χ3v) is 8.42. The third kappa shape index (κ3) is 14.6. The number of esters is 4. The number of phenols is 2. The van der Waals surface area contributed by atoms with Gasteiger partial charge in [0.15, 0.2) is 13.2 Å². The van der Waals surface area contributed by atoms with Gasteiger partial charge in [0.25, 0.3) is 5.09 Å². The Balaban J connectivity index is 0.000000287. The molecule has 0 saturated heterocycles. The summed E-state index contributed by atoms with van der Waals surface area (Å²) in [7, 11) is 0. The minimum Gasteiger partial charge on any atom is -0.508 e. The van der Waals surface area contributed by atoms with Crippen LogP contribution in [0.25, 0.3) is 21.5 Å². The smallest absolute Gasteiger partial charge is 0.344 e. The van der Waals surface area contributed by atoms with Crippen LogP contribution in [-0.2, 0) is 43.0 Å². The molecule has 0 fully saturated rings. The Kier molecular flexibility index (Phi) is 17.3. The number of aromatic hydroxyl groups is 2.